The second kappa shape index (κ2) is 11.0. The van der Waals surface area contributed by atoms with Crippen LogP contribution in [0.4, 0.5) is 5.82 Å². The number of fused-ring (bicyclic) bond motifs is 1. The van der Waals surface area contributed by atoms with Gasteiger partial charge < -0.3 is 15.1 Å². The van der Waals surface area contributed by atoms with Crippen LogP contribution in [-0.2, 0) is 4.79 Å². The number of piperazine rings is 1. The molecule has 0 atom stereocenters. The van der Waals surface area contributed by atoms with E-state index in [1.54, 1.807) is 0 Å². The van der Waals surface area contributed by atoms with E-state index in [1.165, 1.54) is 12.8 Å². The highest BCUT2D eigenvalue weighted by Gasteiger charge is 2.24. The molecule has 2 aliphatic carbocycles. The van der Waals surface area contributed by atoms with Crippen molar-refractivity contribution >= 4 is 28.4 Å². The van der Waals surface area contributed by atoms with Crippen LogP contribution in [-0.4, -0.2) is 71.1 Å². The van der Waals surface area contributed by atoms with Crippen LogP contribution >= 0.6 is 0 Å². The quantitative estimate of drug-likeness (QED) is 0.479. The number of hydrogen-bond donors (Lipinski definition) is 1. The fourth-order valence-corrected chi connectivity index (χ4v) is 6.34. The fraction of sp³-hybridized carbons (Fsp3) is 0.438. The van der Waals surface area contributed by atoms with Crippen LogP contribution in [0, 0.1) is 0 Å². The van der Waals surface area contributed by atoms with Gasteiger partial charge >= 0.3 is 0 Å². The number of benzene rings is 1. The summed E-state index contributed by atoms with van der Waals surface area (Å²) in [5.74, 6) is 0.854. The first kappa shape index (κ1) is 26.4. The standard InChI is InChI=1S/C32H38N6O2/c1-21-14-22(2)27(30(39)15-21)19-34-32(40)26-16-24(17-29-28(26)20-35-38(29)25-6-4-5-7-25)23-8-9-33-31(18-23)37-12-10-36(3)11-13-37/h8-9,14,16-18,20,25H,4-7,10-13,15,19H2,1-3H3,(H,34,40). The summed E-state index contributed by atoms with van der Waals surface area (Å²) in [4.78, 5) is 35.7. The van der Waals surface area contributed by atoms with Gasteiger partial charge in [0.2, 0.25) is 0 Å². The molecule has 1 aliphatic heterocycles. The topological polar surface area (TPSA) is 83.4 Å². The molecule has 8 heteroatoms. The van der Waals surface area contributed by atoms with E-state index in [0.717, 1.165) is 78.0 Å². The van der Waals surface area contributed by atoms with Gasteiger partial charge in [0.15, 0.2) is 5.78 Å². The Morgan fingerprint density at radius 2 is 1.82 bits per heavy atom. The summed E-state index contributed by atoms with van der Waals surface area (Å²) >= 11 is 0. The largest absolute Gasteiger partial charge is 0.354 e. The maximum atomic E-state index is 13.7. The molecule has 3 heterocycles. The summed E-state index contributed by atoms with van der Waals surface area (Å²) in [5.41, 5.74) is 6.23. The zero-order valence-corrected chi connectivity index (χ0v) is 23.7. The van der Waals surface area contributed by atoms with Gasteiger partial charge in [0.05, 0.1) is 23.3 Å². The Hall–Kier alpha value is -3.78. The summed E-state index contributed by atoms with van der Waals surface area (Å²) in [6, 6.07) is 8.64. The Labute approximate surface area is 235 Å². The molecule has 1 saturated heterocycles. The Bertz CT molecular complexity index is 1520. The number of likely N-dealkylation sites (N-methyl/N-ethyl adjacent to an activating group) is 1. The van der Waals surface area contributed by atoms with Crippen molar-refractivity contribution in [3.63, 3.8) is 0 Å². The van der Waals surface area contributed by atoms with Gasteiger partial charge in [-0.2, -0.15) is 5.10 Å². The summed E-state index contributed by atoms with van der Waals surface area (Å²) in [7, 11) is 2.15. The second-order valence-electron chi connectivity index (χ2n) is 11.6. The number of allylic oxidation sites excluding steroid dienone is 3. The van der Waals surface area contributed by atoms with E-state index in [1.807, 2.05) is 44.4 Å². The molecule has 1 aromatic carbocycles. The molecule has 0 bridgehead atoms. The number of carbonyl (C=O) groups excluding carboxylic acids is 2. The Kier molecular flexibility index (Phi) is 7.27. The lowest BCUT2D eigenvalue weighted by atomic mass is 9.92. The van der Waals surface area contributed by atoms with Gasteiger partial charge in [-0.25, -0.2) is 4.98 Å². The predicted octanol–water partition coefficient (Wildman–Crippen LogP) is 4.93. The van der Waals surface area contributed by atoms with Crippen molar-refractivity contribution in [2.45, 2.75) is 52.0 Å². The molecule has 208 valence electrons. The van der Waals surface area contributed by atoms with Crippen molar-refractivity contribution in [2.24, 2.45) is 0 Å². The molecular weight excluding hydrogens is 500 g/mol. The number of nitrogens with one attached hydrogen (secondary N) is 1. The highest BCUT2D eigenvalue weighted by Crippen LogP contribution is 2.35. The molecule has 0 unspecified atom stereocenters. The van der Waals surface area contributed by atoms with Crippen molar-refractivity contribution in [1.29, 1.82) is 0 Å². The molecular formula is C32H38N6O2. The molecule has 8 nitrogen and oxygen atoms in total. The van der Waals surface area contributed by atoms with Gasteiger partial charge in [-0.05, 0) is 74.7 Å². The number of anilines is 1. The zero-order valence-electron chi connectivity index (χ0n) is 23.7. The third-order valence-corrected chi connectivity index (χ3v) is 8.68. The third kappa shape index (κ3) is 5.20. The maximum absolute atomic E-state index is 13.7. The molecule has 40 heavy (non-hydrogen) atoms. The van der Waals surface area contributed by atoms with Crippen molar-refractivity contribution in [2.75, 3.05) is 44.7 Å². The molecule has 0 radical (unpaired) electrons. The molecule has 1 amide bonds. The maximum Gasteiger partial charge on any atom is 0.252 e. The number of hydrogen-bond acceptors (Lipinski definition) is 6. The van der Waals surface area contributed by atoms with Crippen LogP contribution < -0.4 is 10.2 Å². The van der Waals surface area contributed by atoms with Gasteiger partial charge in [-0.1, -0.05) is 24.5 Å². The van der Waals surface area contributed by atoms with E-state index in [2.05, 4.69) is 44.0 Å². The van der Waals surface area contributed by atoms with Crippen LogP contribution in [0.2, 0.25) is 0 Å². The molecule has 3 aliphatic rings. The minimum Gasteiger partial charge on any atom is -0.354 e. The van der Waals surface area contributed by atoms with Crippen molar-refractivity contribution < 1.29 is 9.59 Å². The normalized spacial score (nSPS) is 19.0. The Morgan fingerprint density at radius 3 is 2.58 bits per heavy atom. The molecule has 6 rings (SSSR count). The Balaban J connectivity index is 1.37. The minimum atomic E-state index is -0.189. The number of pyridine rings is 1. The number of ketones is 1. The monoisotopic (exact) mass is 538 g/mol. The highest BCUT2D eigenvalue weighted by molar-refractivity contribution is 6.09. The SMILES string of the molecule is CC1=CC(C)=C(CNC(=O)c2cc(-c3ccnc(N4CCN(C)CC4)c3)cc3c2cnn3C2CCCC2)C(=O)C1. The number of aromatic nitrogens is 3. The lowest BCUT2D eigenvalue weighted by Crippen LogP contribution is -2.44. The molecule has 0 spiro atoms. The molecule has 2 fully saturated rings. The number of Topliss-reactive ketones (excluding diaryl/α,β-unsaturated/α-hetero) is 1. The fourth-order valence-electron chi connectivity index (χ4n) is 6.34. The van der Waals surface area contributed by atoms with Crippen LogP contribution in [0.3, 0.4) is 0 Å². The zero-order chi connectivity index (χ0) is 27.8. The van der Waals surface area contributed by atoms with E-state index < -0.39 is 0 Å². The first-order valence-electron chi connectivity index (χ1n) is 14.5. The number of rotatable bonds is 6. The first-order valence-corrected chi connectivity index (χ1v) is 14.5. The lowest BCUT2D eigenvalue weighted by molar-refractivity contribution is -0.115. The molecule has 2 aromatic heterocycles. The summed E-state index contributed by atoms with van der Waals surface area (Å²) in [6.45, 7) is 8.03. The van der Waals surface area contributed by atoms with Crippen LogP contribution in [0.1, 0.15) is 62.4 Å². The van der Waals surface area contributed by atoms with E-state index in [4.69, 9.17) is 5.10 Å². The summed E-state index contributed by atoms with van der Waals surface area (Å²) < 4.78 is 2.12. The molecule has 3 aromatic rings. The van der Waals surface area contributed by atoms with Crippen molar-refractivity contribution in [3.05, 3.63) is 65.0 Å². The minimum absolute atomic E-state index is 0.0824. The Morgan fingerprint density at radius 1 is 1.05 bits per heavy atom. The van der Waals surface area contributed by atoms with Crippen molar-refractivity contribution in [1.82, 2.24) is 25.0 Å². The summed E-state index contributed by atoms with van der Waals surface area (Å²) in [6.07, 6.45) is 10.8. The average Bonchev–Trinajstić information content (AvgIpc) is 3.62. The second-order valence-corrected chi connectivity index (χ2v) is 11.6. The van der Waals surface area contributed by atoms with Crippen molar-refractivity contribution in [3.8, 4) is 11.1 Å². The highest BCUT2D eigenvalue weighted by atomic mass is 16.2. The van der Waals surface area contributed by atoms with E-state index in [9.17, 15) is 9.59 Å². The van der Waals surface area contributed by atoms with Gasteiger partial charge in [0.1, 0.15) is 5.82 Å². The smallest absolute Gasteiger partial charge is 0.252 e. The number of carbonyl (C=O) groups is 2. The van der Waals surface area contributed by atoms with Crippen LogP contribution in [0.25, 0.3) is 22.0 Å². The number of nitrogens with zero attached hydrogens (tertiary/aromatic N) is 5. The van der Waals surface area contributed by atoms with Gasteiger partial charge in [-0.15, -0.1) is 0 Å². The van der Waals surface area contributed by atoms with Crippen LogP contribution in [0.5, 0.6) is 0 Å². The lowest BCUT2D eigenvalue weighted by Gasteiger charge is -2.33. The van der Waals surface area contributed by atoms with Crippen LogP contribution in [0.15, 0.2) is 59.5 Å². The number of amides is 1. The van der Waals surface area contributed by atoms with E-state index in [-0.39, 0.29) is 18.2 Å². The molecule has 1 saturated carbocycles. The first-order chi connectivity index (χ1) is 19.4. The summed E-state index contributed by atoms with van der Waals surface area (Å²) in [5, 5.41) is 8.67. The predicted molar refractivity (Wildman–Crippen MR) is 159 cm³/mol. The third-order valence-electron chi connectivity index (χ3n) is 8.68. The van der Waals surface area contributed by atoms with Gasteiger partial charge in [0, 0.05) is 56.3 Å². The average molecular weight is 539 g/mol. The van der Waals surface area contributed by atoms with Gasteiger partial charge in [-0.3, -0.25) is 14.3 Å². The van der Waals surface area contributed by atoms with E-state index in [0.29, 0.717) is 23.6 Å². The van der Waals surface area contributed by atoms with E-state index >= 15 is 0 Å². The van der Waals surface area contributed by atoms with Gasteiger partial charge in [0.25, 0.3) is 5.91 Å². The molecule has 1 N–H and O–H groups in total.